The molecule has 2 atom stereocenters. The lowest BCUT2D eigenvalue weighted by atomic mass is 10.1. The summed E-state index contributed by atoms with van der Waals surface area (Å²) in [7, 11) is 1.31. The van der Waals surface area contributed by atoms with Crippen LogP contribution in [0, 0.1) is 17.7 Å². The Bertz CT molecular complexity index is 1260. The summed E-state index contributed by atoms with van der Waals surface area (Å²) in [6, 6.07) is 11.7. The van der Waals surface area contributed by atoms with Crippen LogP contribution in [0.5, 0.6) is 5.75 Å². The predicted molar refractivity (Wildman–Crippen MR) is 118 cm³/mol. The SMILES string of the molecule is COc1cc(N(Cc2ccc(F)cc2)c2cccc(C(F)(F)F)c2)cnc1C(=O)[C@H]1C[C@@H]1C(=O)O. The van der Waals surface area contributed by atoms with Gasteiger partial charge < -0.3 is 14.7 Å². The van der Waals surface area contributed by atoms with Gasteiger partial charge in [-0.15, -0.1) is 0 Å². The Kier molecular flexibility index (Phi) is 6.47. The monoisotopic (exact) mass is 488 g/mol. The summed E-state index contributed by atoms with van der Waals surface area (Å²) in [5, 5.41) is 9.11. The second-order valence-electron chi connectivity index (χ2n) is 8.16. The van der Waals surface area contributed by atoms with Gasteiger partial charge in [-0.3, -0.25) is 9.59 Å². The Balaban J connectivity index is 1.73. The summed E-state index contributed by atoms with van der Waals surface area (Å²) in [6.07, 6.45) is -3.03. The number of benzene rings is 2. The first kappa shape index (κ1) is 24.2. The highest BCUT2D eigenvalue weighted by molar-refractivity contribution is 6.03. The lowest BCUT2D eigenvalue weighted by Crippen LogP contribution is -2.19. The number of alkyl halides is 3. The van der Waals surface area contributed by atoms with E-state index in [1.54, 1.807) is 0 Å². The third-order valence-electron chi connectivity index (χ3n) is 5.79. The maximum Gasteiger partial charge on any atom is 0.416 e. The fraction of sp³-hybridized carbons (Fsp3) is 0.240. The van der Waals surface area contributed by atoms with Crippen molar-refractivity contribution in [3.8, 4) is 5.75 Å². The van der Waals surface area contributed by atoms with Gasteiger partial charge in [0.2, 0.25) is 0 Å². The molecular weight excluding hydrogens is 468 g/mol. The van der Waals surface area contributed by atoms with Crippen LogP contribution in [0.1, 0.15) is 28.0 Å². The van der Waals surface area contributed by atoms with E-state index in [1.165, 1.54) is 60.7 Å². The highest BCUT2D eigenvalue weighted by Gasteiger charge is 2.49. The molecule has 4 rings (SSSR count). The molecule has 0 amide bonds. The number of Topliss-reactive ketones (excluding diaryl/α,β-unsaturated/α-hetero) is 1. The van der Waals surface area contributed by atoms with Crippen LogP contribution in [0.2, 0.25) is 0 Å². The third-order valence-corrected chi connectivity index (χ3v) is 5.79. The number of aliphatic carboxylic acids is 1. The second kappa shape index (κ2) is 9.36. The van der Waals surface area contributed by atoms with E-state index in [0.717, 1.165) is 12.1 Å². The van der Waals surface area contributed by atoms with Crippen molar-refractivity contribution in [1.29, 1.82) is 0 Å². The van der Waals surface area contributed by atoms with Crippen LogP contribution in [0.15, 0.2) is 60.8 Å². The molecule has 0 aliphatic heterocycles. The number of rotatable bonds is 8. The Hall–Kier alpha value is -3.95. The molecular formula is C25H20F4N2O4. The molecule has 1 N–H and O–H groups in total. The van der Waals surface area contributed by atoms with Gasteiger partial charge in [0.05, 0.1) is 30.5 Å². The van der Waals surface area contributed by atoms with Crippen molar-refractivity contribution in [2.75, 3.05) is 12.0 Å². The van der Waals surface area contributed by atoms with Gasteiger partial charge in [0.1, 0.15) is 17.3 Å². The van der Waals surface area contributed by atoms with Gasteiger partial charge in [0.15, 0.2) is 5.78 Å². The van der Waals surface area contributed by atoms with Crippen molar-refractivity contribution in [3.63, 3.8) is 0 Å². The minimum atomic E-state index is -4.56. The predicted octanol–water partition coefficient (Wildman–Crippen LogP) is 5.49. The number of nitrogens with zero attached hydrogens (tertiary/aromatic N) is 2. The molecule has 0 spiro atoms. The average Bonchev–Trinajstić information content (AvgIpc) is 3.64. The van der Waals surface area contributed by atoms with E-state index in [1.807, 2.05) is 0 Å². The lowest BCUT2D eigenvalue weighted by molar-refractivity contribution is -0.139. The second-order valence-corrected chi connectivity index (χ2v) is 8.16. The minimum Gasteiger partial charge on any atom is -0.494 e. The van der Waals surface area contributed by atoms with Gasteiger partial charge in [-0.25, -0.2) is 9.37 Å². The summed E-state index contributed by atoms with van der Waals surface area (Å²) in [5.74, 6) is -3.38. The van der Waals surface area contributed by atoms with Crippen LogP contribution >= 0.6 is 0 Å². The smallest absolute Gasteiger partial charge is 0.416 e. The number of anilines is 2. The quantitative estimate of drug-likeness (QED) is 0.334. The number of carboxylic acids is 1. The van der Waals surface area contributed by atoms with Crippen LogP contribution in [-0.4, -0.2) is 29.0 Å². The summed E-state index contributed by atoms with van der Waals surface area (Å²) < 4.78 is 58.8. The first-order chi connectivity index (χ1) is 16.6. The molecule has 10 heteroatoms. The molecule has 2 aromatic carbocycles. The van der Waals surface area contributed by atoms with Crippen LogP contribution in [-0.2, 0) is 17.5 Å². The zero-order valence-corrected chi connectivity index (χ0v) is 18.4. The van der Waals surface area contributed by atoms with E-state index in [-0.39, 0.29) is 30.1 Å². The van der Waals surface area contributed by atoms with Crippen LogP contribution in [0.25, 0.3) is 0 Å². The van der Waals surface area contributed by atoms with Crippen molar-refractivity contribution in [1.82, 2.24) is 4.98 Å². The Morgan fingerprint density at radius 3 is 2.40 bits per heavy atom. The third kappa shape index (κ3) is 5.26. The average molecular weight is 488 g/mol. The summed E-state index contributed by atoms with van der Waals surface area (Å²) >= 11 is 0. The number of hydrogen-bond acceptors (Lipinski definition) is 5. The Morgan fingerprint density at radius 2 is 1.80 bits per heavy atom. The van der Waals surface area contributed by atoms with E-state index in [2.05, 4.69) is 4.98 Å². The summed E-state index contributed by atoms with van der Waals surface area (Å²) in [6.45, 7) is 0.0728. The van der Waals surface area contributed by atoms with Crippen molar-refractivity contribution in [2.24, 2.45) is 11.8 Å². The summed E-state index contributed by atoms with van der Waals surface area (Å²) in [4.78, 5) is 29.6. The number of methoxy groups -OCH3 is 1. The number of halogens is 4. The van der Waals surface area contributed by atoms with Gasteiger partial charge in [-0.2, -0.15) is 13.2 Å². The van der Waals surface area contributed by atoms with Crippen LogP contribution in [0.3, 0.4) is 0 Å². The zero-order valence-electron chi connectivity index (χ0n) is 18.4. The molecule has 182 valence electrons. The lowest BCUT2D eigenvalue weighted by Gasteiger charge is -2.26. The first-order valence-electron chi connectivity index (χ1n) is 10.6. The molecule has 0 bridgehead atoms. The number of carboxylic acid groups (broad SMARTS) is 1. The molecule has 1 aromatic heterocycles. The van der Waals surface area contributed by atoms with Crippen molar-refractivity contribution in [2.45, 2.75) is 19.1 Å². The maximum absolute atomic E-state index is 13.4. The van der Waals surface area contributed by atoms with Crippen LogP contribution < -0.4 is 9.64 Å². The minimum absolute atomic E-state index is 0.0456. The maximum atomic E-state index is 13.4. The Labute approximate surface area is 197 Å². The first-order valence-corrected chi connectivity index (χ1v) is 10.6. The fourth-order valence-electron chi connectivity index (χ4n) is 3.81. The van der Waals surface area contributed by atoms with E-state index >= 15 is 0 Å². The number of pyridine rings is 1. The highest BCUT2D eigenvalue weighted by Crippen LogP contribution is 2.43. The van der Waals surface area contributed by atoms with Gasteiger partial charge in [-0.05, 0) is 42.3 Å². The van der Waals surface area contributed by atoms with Gasteiger partial charge in [0, 0.05) is 24.2 Å². The van der Waals surface area contributed by atoms with E-state index < -0.39 is 41.1 Å². The standard InChI is InChI=1S/C25H20F4N2O4/c1-35-21-10-18(12-30-22(21)23(32)19-11-20(19)24(33)34)31(13-14-5-7-16(26)8-6-14)17-4-2-3-15(9-17)25(27,28)29/h2-10,12,19-20H,11,13H2,1H3,(H,33,34)/t19-,20-/m0/s1. The molecule has 0 unspecified atom stereocenters. The molecule has 35 heavy (non-hydrogen) atoms. The van der Waals surface area contributed by atoms with E-state index in [0.29, 0.717) is 11.3 Å². The molecule has 1 saturated carbocycles. The molecule has 1 heterocycles. The van der Waals surface area contributed by atoms with Crippen molar-refractivity contribution in [3.05, 3.63) is 83.4 Å². The molecule has 0 saturated heterocycles. The van der Waals surface area contributed by atoms with Gasteiger partial charge >= 0.3 is 12.1 Å². The number of ketones is 1. The van der Waals surface area contributed by atoms with Crippen molar-refractivity contribution < 1.29 is 37.0 Å². The molecule has 6 nitrogen and oxygen atoms in total. The van der Waals surface area contributed by atoms with Crippen molar-refractivity contribution >= 4 is 23.1 Å². The van der Waals surface area contributed by atoms with E-state index in [9.17, 15) is 27.2 Å². The molecule has 0 radical (unpaired) electrons. The zero-order chi connectivity index (χ0) is 25.3. The number of carbonyl (C=O) groups is 2. The largest absolute Gasteiger partial charge is 0.494 e. The normalized spacial score (nSPS) is 17.1. The molecule has 1 fully saturated rings. The van der Waals surface area contributed by atoms with Gasteiger partial charge in [0.25, 0.3) is 0 Å². The van der Waals surface area contributed by atoms with Gasteiger partial charge in [-0.1, -0.05) is 18.2 Å². The van der Waals surface area contributed by atoms with E-state index in [4.69, 9.17) is 9.84 Å². The molecule has 1 aliphatic rings. The number of hydrogen-bond donors (Lipinski definition) is 1. The topological polar surface area (TPSA) is 79.7 Å². The summed E-state index contributed by atoms with van der Waals surface area (Å²) in [5.41, 5.74) is 0.244. The highest BCUT2D eigenvalue weighted by atomic mass is 19.4. The van der Waals surface area contributed by atoms with Crippen LogP contribution in [0.4, 0.5) is 28.9 Å². The molecule has 3 aromatic rings. The molecule has 1 aliphatic carbocycles. The number of ether oxygens (including phenoxy) is 1. The fourth-order valence-corrected chi connectivity index (χ4v) is 3.81. The number of carbonyl (C=O) groups excluding carboxylic acids is 1. The Morgan fingerprint density at radius 1 is 1.09 bits per heavy atom. The number of aromatic nitrogens is 1.